The zero-order valence-corrected chi connectivity index (χ0v) is 10.5. The number of esters is 1. The van der Waals surface area contributed by atoms with Crippen molar-refractivity contribution in [3.8, 4) is 5.75 Å². The lowest BCUT2D eigenvalue weighted by Gasteiger charge is -2.07. The van der Waals surface area contributed by atoms with E-state index in [4.69, 9.17) is 4.74 Å². The first-order chi connectivity index (χ1) is 8.97. The number of hydrogen-bond acceptors (Lipinski definition) is 2. The Balaban J connectivity index is 2.25. The lowest BCUT2D eigenvalue weighted by molar-refractivity contribution is 0.0729. The Morgan fingerprint density at radius 2 is 1.74 bits per heavy atom. The minimum atomic E-state index is -0.916. The van der Waals surface area contributed by atoms with E-state index in [2.05, 4.69) is 0 Å². The Hall–Kier alpha value is -2.23. The van der Waals surface area contributed by atoms with Crippen LogP contribution in [0.1, 0.15) is 21.5 Å². The van der Waals surface area contributed by atoms with Crippen molar-refractivity contribution in [1.29, 1.82) is 0 Å². The van der Waals surface area contributed by atoms with Crippen molar-refractivity contribution in [2.45, 2.75) is 13.8 Å². The van der Waals surface area contributed by atoms with E-state index in [0.717, 1.165) is 29.3 Å². The molecule has 0 aliphatic rings. The molecule has 0 amide bonds. The average molecular weight is 262 g/mol. The molecule has 0 bridgehead atoms. The van der Waals surface area contributed by atoms with Crippen LogP contribution in [0.2, 0.25) is 0 Å². The number of ether oxygens (including phenoxy) is 1. The van der Waals surface area contributed by atoms with Crippen molar-refractivity contribution < 1.29 is 18.3 Å². The number of benzene rings is 2. The zero-order chi connectivity index (χ0) is 14.0. The largest absolute Gasteiger partial charge is 0.423 e. The van der Waals surface area contributed by atoms with Gasteiger partial charge in [-0.3, -0.25) is 0 Å². The van der Waals surface area contributed by atoms with Gasteiger partial charge in [-0.05, 0) is 55.3 Å². The van der Waals surface area contributed by atoms with Crippen LogP contribution in [0.3, 0.4) is 0 Å². The molecule has 0 unspecified atom stereocenters. The summed E-state index contributed by atoms with van der Waals surface area (Å²) in [6, 6.07) is 7.73. The SMILES string of the molecule is Cc1ccc(OC(=O)c2cc(F)ccc2F)cc1C. The summed E-state index contributed by atoms with van der Waals surface area (Å²) in [5.41, 5.74) is 1.58. The highest BCUT2D eigenvalue weighted by molar-refractivity contribution is 5.91. The number of aryl methyl sites for hydroxylation is 2. The second-order valence-electron chi connectivity index (χ2n) is 4.26. The quantitative estimate of drug-likeness (QED) is 0.607. The number of carbonyl (C=O) groups excluding carboxylic acids is 1. The van der Waals surface area contributed by atoms with Gasteiger partial charge in [-0.1, -0.05) is 6.07 Å². The van der Waals surface area contributed by atoms with Crippen LogP contribution < -0.4 is 4.74 Å². The summed E-state index contributed by atoms with van der Waals surface area (Å²) in [4.78, 5) is 11.8. The summed E-state index contributed by atoms with van der Waals surface area (Å²) in [6.45, 7) is 3.79. The van der Waals surface area contributed by atoms with Gasteiger partial charge in [0, 0.05) is 0 Å². The lowest BCUT2D eigenvalue weighted by atomic mass is 10.1. The first kappa shape index (κ1) is 13.2. The van der Waals surface area contributed by atoms with Crippen LogP contribution in [0.25, 0.3) is 0 Å². The van der Waals surface area contributed by atoms with Crippen LogP contribution in [0.5, 0.6) is 5.75 Å². The topological polar surface area (TPSA) is 26.3 Å². The Kier molecular flexibility index (Phi) is 3.60. The van der Waals surface area contributed by atoms with E-state index >= 15 is 0 Å². The van der Waals surface area contributed by atoms with Gasteiger partial charge in [0.1, 0.15) is 17.4 Å². The second-order valence-corrected chi connectivity index (χ2v) is 4.26. The van der Waals surface area contributed by atoms with Gasteiger partial charge in [-0.15, -0.1) is 0 Å². The van der Waals surface area contributed by atoms with Gasteiger partial charge in [0.05, 0.1) is 5.56 Å². The molecule has 0 N–H and O–H groups in total. The molecule has 0 aliphatic heterocycles. The second kappa shape index (κ2) is 5.18. The summed E-state index contributed by atoms with van der Waals surface area (Å²) >= 11 is 0. The number of hydrogen-bond donors (Lipinski definition) is 0. The summed E-state index contributed by atoms with van der Waals surface area (Å²) in [7, 11) is 0. The van der Waals surface area contributed by atoms with Gasteiger partial charge >= 0.3 is 5.97 Å². The van der Waals surface area contributed by atoms with E-state index in [1.54, 1.807) is 18.2 Å². The zero-order valence-electron chi connectivity index (χ0n) is 10.5. The molecule has 0 saturated carbocycles. The third kappa shape index (κ3) is 2.96. The molecule has 0 heterocycles. The molecule has 2 rings (SSSR count). The van der Waals surface area contributed by atoms with E-state index in [0.29, 0.717) is 5.75 Å². The molecule has 2 aromatic carbocycles. The Morgan fingerprint density at radius 3 is 2.42 bits per heavy atom. The minimum Gasteiger partial charge on any atom is -0.423 e. The Bertz CT molecular complexity index is 636. The Morgan fingerprint density at radius 1 is 1.00 bits per heavy atom. The van der Waals surface area contributed by atoms with E-state index in [-0.39, 0.29) is 0 Å². The predicted octanol–water partition coefficient (Wildman–Crippen LogP) is 3.80. The maximum atomic E-state index is 13.4. The molecule has 4 heteroatoms. The van der Waals surface area contributed by atoms with Crippen LogP contribution in [-0.4, -0.2) is 5.97 Å². The molecule has 0 fully saturated rings. The maximum Gasteiger partial charge on any atom is 0.346 e. The monoisotopic (exact) mass is 262 g/mol. The van der Waals surface area contributed by atoms with Gasteiger partial charge in [-0.25, -0.2) is 13.6 Å². The molecular formula is C15H12F2O2. The van der Waals surface area contributed by atoms with Gasteiger partial charge < -0.3 is 4.74 Å². The fourth-order valence-corrected chi connectivity index (χ4v) is 1.59. The van der Waals surface area contributed by atoms with Gasteiger partial charge in [0.2, 0.25) is 0 Å². The van der Waals surface area contributed by atoms with Crippen molar-refractivity contribution in [2.75, 3.05) is 0 Å². The first-order valence-electron chi connectivity index (χ1n) is 5.72. The fraction of sp³-hybridized carbons (Fsp3) is 0.133. The van der Waals surface area contributed by atoms with Crippen molar-refractivity contribution in [3.05, 3.63) is 64.7 Å². The fourth-order valence-electron chi connectivity index (χ4n) is 1.59. The van der Waals surface area contributed by atoms with Crippen LogP contribution in [0.4, 0.5) is 8.78 Å². The molecule has 0 radical (unpaired) electrons. The van der Waals surface area contributed by atoms with Crippen LogP contribution in [0, 0.1) is 25.5 Å². The van der Waals surface area contributed by atoms with Gasteiger partial charge in [-0.2, -0.15) is 0 Å². The van der Waals surface area contributed by atoms with Crippen molar-refractivity contribution in [2.24, 2.45) is 0 Å². The minimum absolute atomic E-state index is 0.303. The highest BCUT2D eigenvalue weighted by atomic mass is 19.1. The molecule has 0 aromatic heterocycles. The third-order valence-corrected chi connectivity index (χ3v) is 2.84. The summed E-state index contributed by atoms with van der Waals surface area (Å²) in [5, 5.41) is 0. The molecule has 2 aromatic rings. The van der Waals surface area contributed by atoms with Gasteiger partial charge in [0.25, 0.3) is 0 Å². The summed E-state index contributed by atoms with van der Waals surface area (Å²) < 4.78 is 31.4. The lowest BCUT2D eigenvalue weighted by Crippen LogP contribution is -2.11. The van der Waals surface area contributed by atoms with E-state index in [1.807, 2.05) is 13.8 Å². The third-order valence-electron chi connectivity index (χ3n) is 2.84. The summed E-state index contributed by atoms with van der Waals surface area (Å²) in [5.74, 6) is -2.11. The maximum absolute atomic E-state index is 13.4. The summed E-state index contributed by atoms with van der Waals surface area (Å²) in [6.07, 6.45) is 0. The molecule has 19 heavy (non-hydrogen) atoms. The van der Waals surface area contributed by atoms with E-state index in [1.165, 1.54) is 0 Å². The molecular weight excluding hydrogens is 250 g/mol. The van der Waals surface area contributed by atoms with Crippen molar-refractivity contribution >= 4 is 5.97 Å². The smallest absolute Gasteiger partial charge is 0.346 e. The number of halogens is 2. The average Bonchev–Trinajstić information content (AvgIpc) is 2.36. The van der Waals surface area contributed by atoms with Crippen LogP contribution in [0.15, 0.2) is 36.4 Å². The molecule has 0 saturated heterocycles. The van der Waals surface area contributed by atoms with Crippen LogP contribution in [-0.2, 0) is 0 Å². The first-order valence-corrected chi connectivity index (χ1v) is 5.72. The number of carbonyl (C=O) groups is 1. The molecule has 98 valence electrons. The Labute approximate surface area is 109 Å². The van der Waals surface area contributed by atoms with Crippen molar-refractivity contribution in [1.82, 2.24) is 0 Å². The molecule has 0 spiro atoms. The van der Waals surface area contributed by atoms with E-state index in [9.17, 15) is 13.6 Å². The molecule has 2 nitrogen and oxygen atoms in total. The number of rotatable bonds is 2. The normalized spacial score (nSPS) is 10.3. The molecule has 0 atom stereocenters. The highest BCUT2D eigenvalue weighted by Crippen LogP contribution is 2.19. The predicted molar refractivity (Wildman–Crippen MR) is 67.2 cm³/mol. The van der Waals surface area contributed by atoms with E-state index < -0.39 is 23.2 Å². The highest BCUT2D eigenvalue weighted by Gasteiger charge is 2.15. The molecule has 0 aliphatic carbocycles. The standard InChI is InChI=1S/C15H12F2O2/c1-9-3-5-12(7-10(9)2)19-15(18)13-8-11(16)4-6-14(13)17/h3-8H,1-2H3. The van der Waals surface area contributed by atoms with Crippen molar-refractivity contribution in [3.63, 3.8) is 0 Å². The van der Waals surface area contributed by atoms with Crippen LogP contribution >= 0.6 is 0 Å². The van der Waals surface area contributed by atoms with Gasteiger partial charge in [0.15, 0.2) is 0 Å².